The van der Waals surface area contributed by atoms with Crippen LogP contribution < -0.4 is 15.0 Å². The molecule has 0 aliphatic carbocycles. The summed E-state index contributed by atoms with van der Waals surface area (Å²) in [6.07, 6.45) is 8.90. The summed E-state index contributed by atoms with van der Waals surface area (Å²) in [6, 6.07) is 14.5. The number of anilines is 1. The van der Waals surface area contributed by atoms with Crippen molar-refractivity contribution in [2.75, 3.05) is 45.4 Å². The zero-order valence-corrected chi connectivity index (χ0v) is 29.1. The van der Waals surface area contributed by atoms with Crippen molar-refractivity contribution < 1.29 is 43.2 Å². The van der Waals surface area contributed by atoms with Crippen LogP contribution in [0.15, 0.2) is 78.9 Å². The molecule has 12 heteroatoms. The average Bonchev–Trinajstić information content (AvgIpc) is 3.79. The number of amides is 3. The molecule has 2 aromatic rings. The highest BCUT2D eigenvalue weighted by Crippen LogP contribution is 2.56. The van der Waals surface area contributed by atoms with Crippen LogP contribution >= 0.6 is 0 Å². The third-order valence-electron chi connectivity index (χ3n) is 10.3. The van der Waals surface area contributed by atoms with Crippen LogP contribution in [0.2, 0.25) is 0 Å². The number of aliphatic hydroxyl groups is 1. The van der Waals surface area contributed by atoms with E-state index in [0.717, 1.165) is 12.8 Å². The summed E-state index contributed by atoms with van der Waals surface area (Å²) >= 11 is 0. The number of rotatable bonds is 11. The van der Waals surface area contributed by atoms with Gasteiger partial charge in [0.1, 0.15) is 29.4 Å². The first-order valence-electron chi connectivity index (χ1n) is 17.8. The Kier molecular flexibility index (Phi) is 11.5. The molecule has 3 amide bonds. The predicted octanol–water partition coefficient (Wildman–Crippen LogP) is 3.50. The number of ether oxygens (including phenoxy) is 4. The molecule has 0 unspecified atom stereocenters. The minimum atomic E-state index is -1.39. The Hall–Kier alpha value is -4.52. The van der Waals surface area contributed by atoms with Gasteiger partial charge in [-0.25, -0.2) is 0 Å². The highest BCUT2D eigenvalue weighted by Gasteiger charge is 2.73. The van der Waals surface area contributed by atoms with Gasteiger partial charge in [0.25, 0.3) is 5.91 Å². The zero-order chi connectivity index (χ0) is 36.0. The van der Waals surface area contributed by atoms with Gasteiger partial charge in [0.15, 0.2) is 0 Å². The standard InChI is InChI=1S/C39H47N3O9/c1-48-25-29-34(26-13-7-5-8-14-26)50-38(47)32-30-20-21-39(51-30)33(32)36(45)42(23-10-3-4-12-24-43)35(39)37(46)41(22-11-6-9-15-31(44)40-29)27-16-18-28(49-2)19-17-27/h5-8,11,13-14,16-21,29-30,32-35,43H,3-4,9-10,12,15,22-25H2,1-2H3,(H,40,44)/b11-6-/t29-,30+,32-,33-,34-,35+,39-/m1/s1. The third kappa shape index (κ3) is 7.31. The van der Waals surface area contributed by atoms with Gasteiger partial charge < -0.3 is 39.2 Å². The number of hydrogen-bond donors (Lipinski definition) is 2. The second-order valence-electron chi connectivity index (χ2n) is 13.4. The Morgan fingerprint density at radius 3 is 2.43 bits per heavy atom. The lowest BCUT2D eigenvalue weighted by Gasteiger charge is -2.36. The number of unbranched alkanes of at least 4 members (excludes halogenated alkanes) is 3. The number of carbonyl (C=O) groups excluding carboxylic acids is 4. The molecule has 6 rings (SSSR count). The molecular formula is C39H47N3O9. The van der Waals surface area contributed by atoms with E-state index >= 15 is 0 Å². The highest BCUT2D eigenvalue weighted by atomic mass is 16.6. The van der Waals surface area contributed by atoms with Gasteiger partial charge in [-0.3, -0.25) is 19.2 Å². The summed E-state index contributed by atoms with van der Waals surface area (Å²) in [5.74, 6) is -2.98. The van der Waals surface area contributed by atoms with E-state index in [1.54, 1.807) is 53.3 Å². The number of benzene rings is 2. The Balaban J connectivity index is 1.42. The minimum Gasteiger partial charge on any atom is -0.497 e. The molecular weight excluding hydrogens is 654 g/mol. The van der Waals surface area contributed by atoms with E-state index in [1.165, 1.54) is 7.11 Å². The molecule has 51 heavy (non-hydrogen) atoms. The Labute approximate surface area is 298 Å². The summed E-state index contributed by atoms with van der Waals surface area (Å²) in [5.41, 5.74) is -0.138. The molecule has 0 aromatic heterocycles. The summed E-state index contributed by atoms with van der Waals surface area (Å²) in [6.45, 7) is 0.609. The van der Waals surface area contributed by atoms with E-state index in [4.69, 9.17) is 18.9 Å². The summed E-state index contributed by atoms with van der Waals surface area (Å²) in [5, 5.41) is 12.3. The predicted molar refractivity (Wildman–Crippen MR) is 188 cm³/mol. The lowest BCUT2D eigenvalue weighted by atomic mass is 9.74. The van der Waals surface area contributed by atoms with Crippen LogP contribution in [0.25, 0.3) is 0 Å². The molecule has 2 saturated heterocycles. The number of nitrogens with zero attached hydrogens (tertiary/aromatic N) is 2. The molecule has 2 fully saturated rings. The summed E-state index contributed by atoms with van der Waals surface area (Å²) in [7, 11) is 3.08. The summed E-state index contributed by atoms with van der Waals surface area (Å²) < 4.78 is 23.7. The lowest BCUT2D eigenvalue weighted by Crippen LogP contribution is -2.56. The topological polar surface area (TPSA) is 144 Å². The van der Waals surface area contributed by atoms with Crippen LogP contribution in [0.5, 0.6) is 5.75 Å². The Morgan fingerprint density at radius 2 is 1.71 bits per heavy atom. The van der Waals surface area contributed by atoms with Crippen LogP contribution in [0, 0.1) is 11.8 Å². The zero-order valence-electron chi connectivity index (χ0n) is 29.1. The van der Waals surface area contributed by atoms with Gasteiger partial charge in [0.2, 0.25) is 11.8 Å². The SMILES string of the molecule is COC[C@H]1NC(=O)CC/C=C\CN(c2ccc(OC)cc2)C(=O)[C@@H]2N(CCCCCCO)C(=O)[C@H]3[C@H](C(=O)O[C@@H]1c1ccccc1)[C@@H]1C=C[C@]23O1. The number of esters is 1. The molecule has 12 nitrogen and oxygen atoms in total. The monoisotopic (exact) mass is 701 g/mol. The average molecular weight is 702 g/mol. The van der Waals surface area contributed by atoms with Crippen LogP contribution in [0.4, 0.5) is 5.69 Å². The van der Waals surface area contributed by atoms with Gasteiger partial charge in [-0.2, -0.15) is 0 Å². The first-order valence-corrected chi connectivity index (χ1v) is 17.8. The van der Waals surface area contributed by atoms with Crippen molar-refractivity contribution in [3.63, 3.8) is 0 Å². The minimum absolute atomic E-state index is 0.0721. The molecule has 4 aliphatic heterocycles. The normalized spacial score (nSPS) is 29.9. The maximum absolute atomic E-state index is 15.0. The lowest BCUT2D eigenvalue weighted by molar-refractivity contribution is -0.162. The van der Waals surface area contributed by atoms with Crippen molar-refractivity contribution >= 4 is 29.4 Å². The van der Waals surface area contributed by atoms with E-state index in [0.29, 0.717) is 36.3 Å². The van der Waals surface area contributed by atoms with Crippen LogP contribution in [-0.2, 0) is 33.4 Å². The number of aliphatic hydroxyl groups excluding tert-OH is 1. The molecule has 0 radical (unpaired) electrons. The summed E-state index contributed by atoms with van der Waals surface area (Å²) in [4.78, 5) is 60.4. The third-order valence-corrected chi connectivity index (χ3v) is 10.3. The van der Waals surface area contributed by atoms with Crippen LogP contribution in [0.1, 0.15) is 50.2 Å². The maximum atomic E-state index is 15.0. The number of cyclic esters (lactones) is 1. The molecule has 272 valence electrons. The van der Waals surface area contributed by atoms with Gasteiger partial charge in [-0.15, -0.1) is 0 Å². The van der Waals surface area contributed by atoms with E-state index in [2.05, 4.69) is 5.32 Å². The van der Waals surface area contributed by atoms with Crippen LogP contribution in [0.3, 0.4) is 0 Å². The number of nitrogens with one attached hydrogen (secondary N) is 1. The quantitative estimate of drug-likeness (QED) is 0.205. The highest BCUT2D eigenvalue weighted by molar-refractivity contribution is 6.05. The van der Waals surface area contributed by atoms with Gasteiger partial charge in [0.05, 0.1) is 31.8 Å². The molecule has 2 aromatic carbocycles. The van der Waals surface area contributed by atoms with Crippen molar-refractivity contribution in [1.29, 1.82) is 0 Å². The number of fused-ring (bicyclic) bond motifs is 2. The smallest absolute Gasteiger partial charge is 0.313 e. The fourth-order valence-corrected chi connectivity index (χ4v) is 7.84. The second-order valence-corrected chi connectivity index (χ2v) is 13.4. The van der Waals surface area contributed by atoms with Gasteiger partial charge in [0, 0.05) is 38.9 Å². The molecule has 5 bridgehead atoms. The fourth-order valence-electron chi connectivity index (χ4n) is 7.84. The van der Waals surface area contributed by atoms with Crippen molar-refractivity contribution in [3.8, 4) is 5.75 Å². The molecule has 2 N–H and O–H groups in total. The van der Waals surface area contributed by atoms with Gasteiger partial charge >= 0.3 is 5.97 Å². The van der Waals surface area contributed by atoms with E-state index in [-0.39, 0.29) is 50.4 Å². The number of allylic oxidation sites excluding steroid dienone is 1. The second kappa shape index (κ2) is 16.2. The molecule has 0 saturated carbocycles. The van der Waals surface area contributed by atoms with E-state index < -0.39 is 47.7 Å². The first-order chi connectivity index (χ1) is 24.8. The Bertz CT molecular complexity index is 1610. The first kappa shape index (κ1) is 36.3. The van der Waals surface area contributed by atoms with Crippen molar-refractivity contribution in [2.24, 2.45) is 11.8 Å². The van der Waals surface area contributed by atoms with Crippen molar-refractivity contribution in [3.05, 3.63) is 84.5 Å². The molecule has 1 spiro atoms. The number of likely N-dealkylation sites (tertiary alicyclic amines) is 1. The fraction of sp³-hybridized carbons (Fsp3) is 0.487. The maximum Gasteiger partial charge on any atom is 0.313 e. The molecule has 7 atom stereocenters. The van der Waals surface area contributed by atoms with E-state index in [9.17, 15) is 24.3 Å². The number of methoxy groups -OCH3 is 2. The number of carbonyl (C=O) groups is 4. The van der Waals surface area contributed by atoms with Crippen LogP contribution in [-0.4, -0.2) is 98.0 Å². The van der Waals surface area contributed by atoms with Gasteiger partial charge in [-0.1, -0.05) is 67.5 Å². The van der Waals surface area contributed by atoms with Gasteiger partial charge in [-0.05, 0) is 49.1 Å². The van der Waals surface area contributed by atoms with Crippen molar-refractivity contribution in [2.45, 2.75) is 68.4 Å². The van der Waals surface area contributed by atoms with E-state index in [1.807, 2.05) is 42.5 Å². The Morgan fingerprint density at radius 1 is 0.941 bits per heavy atom. The number of hydrogen-bond acceptors (Lipinski definition) is 9. The molecule has 4 heterocycles. The van der Waals surface area contributed by atoms with Crippen molar-refractivity contribution in [1.82, 2.24) is 10.2 Å². The molecule has 4 aliphatic rings. The largest absolute Gasteiger partial charge is 0.497 e.